The lowest BCUT2D eigenvalue weighted by molar-refractivity contribution is 0.312. The first kappa shape index (κ1) is 15.4. The molecule has 0 amide bonds. The van der Waals surface area contributed by atoms with Gasteiger partial charge in [-0.05, 0) is 13.5 Å². The minimum atomic E-state index is -2.92. The Morgan fingerprint density at radius 3 is 2.64 bits per heavy atom. The van der Waals surface area contributed by atoms with E-state index in [4.69, 9.17) is 0 Å². The number of hydrogen-bond acceptors (Lipinski definition) is 8. The molecule has 0 radical (unpaired) electrons. The van der Waals surface area contributed by atoms with E-state index in [9.17, 15) is 8.42 Å². The van der Waals surface area contributed by atoms with Gasteiger partial charge >= 0.3 is 0 Å². The van der Waals surface area contributed by atoms with E-state index in [1.54, 1.807) is 6.20 Å². The molecule has 1 unspecified atom stereocenters. The van der Waals surface area contributed by atoms with Crippen LogP contribution in [0.1, 0.15) is 6.42 Å². The van der Waals surface area contributed by atoms with Crippen molar-refractivity contribution in [1.82, 2.24) is 20.1 Å². The van der Waals surface area contributed by atoms with Crippen molar-refractivity contribution >= 4 is 21.6 Å². The van der Waals surface area contributed by atoms with Crippen molar-refractivity contribution in [3.63, 3.8) is 0 Å². The normalized spacial score (nSPS) is 25.4. The number of sulfone groups is 1. The third-order valence-corrected chi connectivity index (χ3v) is 6.18. The molecule has 0 spiro atoms. The van der Waals surface area contributed by atoms with Gasteiger partial charge in [0.2, 0.25) is 5.95 Å². The molecule has 0 N–H and O–H groups in total. The summed E-state index contributed by atoms with van der Waals surface area (Å²) >= 11 is 0. The van der Waals surface area contributed by atoms with Gasteiger partial charge in [-0.2, -0.15) is 10.1 Å². The second-order valence-electron chi connectivity index (χ2n) is 6.07. The summed E-state index contributed by atoms with van der Waals surface area (Å²) in [5, 5.41) is 8.12. The first-order valence-electron chi connectivity index (χ1n) is 7.51. The highest BCUT2D eigenvalue weighted by molar-refractivity contribution is 7.91. The fraction of sp³-hybridized carbons (Fsp3) is 0.769. The molecule has 1 aromatic heterocycles. The van der Waals surface area contributed by atoms with E-state index < -0.39 is 9.84 Å². The fourth-order valence-electron chi connectivity index (χ4n) is 2.87. The number of rotatable bonds is 3. The van der Waals surface area contributed by atoms with Crippen LogP contribution in [0.15, 0.2) is 6.20 Å². The van der Waals surface area contributed by atoms with Crippen LogP contribution in [0, 0.1) is 0 Å². The van der Waals surface area contributed by atoms with Crippen LogP contribution < -0.4 is 9.80 Å². The molecule has 2 saturated heterocycles. The molecular formula is C13H22N6O2S. The Morgan fingerprint density at radius 1 is 1.27 bits per heavy atom. The maximum absolute atomic E-state index is 11.6. The minimum absolute atomic E-state index is 0.0606. The van der Waals surface area contributed by atoms with E-state index in [-0.39, 0.29) is 17.5 Å². The monoisotopic (exact) mass is 326 g/mol. The zero-order valence-electron chi connectivity index (χ0n) is 13.0. The summed E-state index contributed by atoms with van der Waals surface area (Å²) in [6.07, 6.45) is 2.30. The Kier molecular flexibility index (Phi) is 4.18. The zero-order valence-corrected chi connectivity index (χ0v) is 13.8. The van der Waals surface area contributed by atoms with E-state index in [2.05, 4.69) is 32.0 Å². The summed E-state index contributed by atoms with van der Waals surface area (Å²) in [6.45, 7) is 3.82. The Hall–Kier alpha value is -1.48. The van der Waals surface area contributed by atoms with Gasteiger partial charge in [-0.25, -0.2) is 8.42 Å². The van der Waals surface area contributed by atoms with Gasteiger partial charge in [-0.1, -0.05) is 0 Å². The molecule has 8 nitrogen and oxygen atoms in total. The smallest absolute Gasteiger partial charge is 0.247 e. The molecule has 1 aromatic rings. The van der Waals surface area contributed by atoms with Crippen molar-refractivity contribution in [3.05, 3.63) is 6.20 Å². The molecule has 1 atom stereocenters. The largest absolute Gasteiger partial charge is 0.353 e. The average molecular weight is 326 g/mol. The first-order valence-corrected chi connectivity index (χ1v) is 9.33. The van der Waals surface area contributed by atoms with Crippen molar-refractivity contribution in [2.45, 2.75) is 12.5 Å². The lowest BCUT2D eigenvalue weighted by atomic mass is 10.2. The molecule has 0 aliphatic carbocycles. The molecule has 22 heavy (non-hydrogen) atoms. The predicted octanol–water partition coefficient (Wildman–Crippen LogP) is -0.753. The molecular weight excluding hydrogens is 304 g/mol. The van der Waals surface area contributed by atoms with Crippen molar-refractivity contribution in [2.24, 2.45) is 0 Å². The Labute approximate surface area is 131 Å². The number of anilines is 2. The number of likely N-dealkylation sites (N-methyl/N-ethyl adjacent to an activating group) is 1. The van der Waals surface area contributed by atoms with Crippen LogP contribution in [-0.4, -0.2) is 86.3 Å². The summed E-state index contributed by atoms with van der Waals surface area (Å²) in [4.78, 5) is 10.9. The molecule has 122 valence electrons. The second kappa shape index (κ2) is 5.96. The van der Waals surface area contributed by atoms with Gasteiger partial charge in [0, 0.05) is 39.3 Å². The fourth-order valence-corrected chi connectivity index (χ4v) is 4.64. The SMILES string of the molecule is CN1CCN(c2cnnc(N(C)C3CCS(=O)(=O)C3)n2)CC1. The quantitative estimate of drug-likeness (QED) is 0.717. The minimum Gasteiger partial charge on any atom is -0.353 e. The van der Waals surface area contributed by atoms with Crippen LogP contribution in [0.2, 0.25) is 0 Å². The van der Waals surface area contributed by atoms with Crippen molar-refractivity contribution in [3.8, 4) is 0 Å². The van der Waals surface area contributed by atoms with Crippen LogP contribution in [0.5, 0.6) is 0 Å². The van der Waals surface area contributed by atoms with E-state index in [1.165, 1.54) is 0 Å². The Morgan fingerprint density at radius 2 is 2.00 bits per heavy atom. The Balaban J connectivity index is 1.73. The summed E-state index contributed by atoms with van der Waals surface area (Å²) in [5.74, 6) is 1.73. The van der Waals surface area contributed by atoms with Gasteiger partial charge in [-0.3, -0.25) is 0 Å². The highest BCUT2D eigenvalue weighted by Crippen LogP contribution is 2.21. The first-order chi connectivity index (χ1) is 10.4. The lowest BCUT2D eigenvalue weighted by Gasteiger charge is -2.33. The highest BCUT2D eigenvalue weighted by atomic mass is 32.2. The van der Waals surface area contributed by atoms with E-state index in [0.29, 0.717) is 12.4 Å². The zero-order chi connectivity index (χ0) is 15.7. The van der Waals surface area contributed by atoms with Crippen LogP contribution in [-0.2, 0) is 9.84 Å². The van der Waals surface area contributed by atoms with Crippen molar-refractivity contribution < 1.29 is 8.42 Å². The second-order valence-corrected chi connectivity index (χ2v) is 8.30. The number of aromatic nitrogens is 3. The van der Waals surface area contributed by atoms with Crippen molar-refractivity contribution in [2.75, 3.05) is 61.6 Å². The van der Waals surface area contributed by atoms with E-state index in [1.807, 2.05) is 11.9 Å². The number of piperazine rings is 1. The van der Waals surface area contributed by atoms with Crippen LogP contribution in [0.25, 0.3) is 0 Å². The molecule has 3 heterocycles. The third-order valence-electron chi connectivity index (χ3n) is 4.43. The molecule has 0 saturated carbocycles. The predicted molar refractivity (Wildman–Crippen MR) is 85.0 cm³/mol. The van der Waals surface area contributed by atoms with Crippen molar-refractivity contribution in [1.29, 1.82) is 0 Å². The van der Waals surface area contributed by atoms with Gasteiger partial charge in [-0.15, -0.1) is 5.10 Å². The standard InChI is InChI=1S/C13H22N6O2S/c1-17-4-6-19(7-5-17)12-9-14-16-13(15-12)18(2)11-3-8-22(20,21)10-11/h9,11H,3-8,10H2,1-2H3. The van der Waals surface area contributed by atoms with E-state index >= 15 is 0 Å². The molecule has 2 aliphatic heterocycles. The van der Waals surface area contributed by atoms with Gasteiger partial charge in [0.15, 0.2) is 15.7 Å². The average Bonchev–Trinajstić information content (AvgIpc) is 2.87. The van der Waals surface area contributed by atoms with Gasteiger partial charge in [0.1, 0.15) is 0 Å². The summed E-state index contributed by atoms with van der Waals surface area (Å²) < 4.78 is 23.3. The lowest BCUT2D eigenvalue weighted by Crippen LogP contribution is -2.45. The van der Waals surface area contributed by atoms with E-state index in [0.717, 1.165) is 32.0 Å². The topological polar surface area (TPSA) is 82.5 Å². The molecule has 2 aliphatic rings. The molecule has 2 fully saturated rings. The summed E-state index contributed by atoms with van der Waals surface area (Å²) in [5.41, 5.74) is 0. The molecule has 9 heteroatoms. The van der Waals surface area contributed by atoms with Crippen LogP contribution >= 0.6 is 0 Å². The summed E-state index contributed by atoms with van der Waals surface area (Å²) in [7, 11) is 1.03. The molecule has 0 bridgehead atoms. The van der Waals surface area contributed by atoms with Gasteiger partial charge in [0.25, 0.3) is 0 Å². The third kappa shape index (κ3) is 3.30. The highest BCUT2D eigenvalue weighted by Gasteiger charge is 2.32. The van der Waals surface area contributed by atoms with Crippen LogP contribution in [0.3, 0.4) is 0 Å². The Bertz CT molecular complexity index is 629. The molecule has 3 rings (SSSR count). The van der Waals surface area contributed by atoms with Gasteiger partial charge < -0.3 is 14.7 Å². The molecule has 0 aromatic carbocycles. The number of nitrogens with zero attached hydrogens (tertiary/aromatic N) is 6. The maximum atomic E-state index is 11.6. The summed E-state index contributed by atoms with van der Waals surface area (Å²) in [6, 6.07) is -0.0606. The van der Waals surface area contributed by atoms with Crippen LogP contribution in [0.4, 0.5) is 11.8 Å². The maximum Gasteiger partial charge on any atom is 0.247 e. The van der Waals surface area contributed by atoms with Gasteiger partial charge in [0.05, 0.1) is 17.7 Å². The number of hydrogen-bond donors (Lipinski definition) is 0.